The Morgan fingerprint density at radius 1 is 1.33 bits per heavy atom. The highest BCUT2D eigenvalue weighted by Gasteiger charge is 2.33. The smallest absolute Gasteiger partial charge is 0.305 e. The van der Waals surface area contributed by atoms with E-state index in [-0.39, 0.29) is 37.4 Å². The van der Waals surface area contributed by atoms with E-state index in [2.05, 4.69) is 0 Å². The standard InChI is InChI=1S/C16H18N2O5S/c19-14(17-5-6-24-10-11(17)7-16(21)22)8-18-12-3-1-2-4-13(12)23-9-15(18)20/h1-4,11H,5-10H2,(H,21,22). The Bertz CT molecular complexity index is 666. The van der Waals surface area contributed by atoms with Crippen molar-refractivity contribution in [3.05, 3.63) is 24.3 Å². The molecule has 128 valence electrons. The molecule has 2 amide bonds. The molecule has 0 spiro atoms. The second-order valence-electron chi connectivity index (χ2n) is 5.65. The van der Waals surface area contributed by atoms with Gasteiger partial charge >= 0.3 is 5.97 Å². The second-order valence-corrected chi connectivity index (χ2v) is 6.80. The SMILES string of the molecule is O=C(O)CC1CSCCN1C(=O)CN1C(=O)COc2ccccc21. The van der Waals surface area contributed by atoms with E-state index in [1.165, 1.54) is 4.90 Å². The third-order valence-electron chi connectivity index (χ3n) is 4.06. The van der Waals surface area contributed by atoms with Crippen LogP contribution >= 0.6 is 11.8 Å². The maximum Gasteiger partial charge on any atom is 0.305 e. The lowest BCUT2D eigenvalue weighted by atomic mass is 10.1. The van der Waals surface area contributed by atoms with Gasteiger partial charge in [-0.2, -0.15) is 11.8 Å². The number of benzene rings is 1. The highest BCUT2D eigenvalue weighted by Crippen LogP contribution is 2.31. The largest absolute Gasteiger partial charge is 0.482 e. The number of carboxylic acid groups (broad SMARTS) is 1. The third kappa shape index (κ3) is 3.48. The Morgan fingerprint density at radius 3 is 2.92 bits per heavy atom. The van der Waals surface area contributed by atoms with Crippen LogP contribution in [0, 0.1) is 0 Å². The van der Waals surface area contributed by atoms with Gasteiger partial charge in [0.05, 0.1) is 18.2 Å². The van der Waals surface area contributed by atoms with Crippen molar-refractivity contribution in [1.29, 1.82) is 0 Å². The van der Waals surface area contributed by atoms with Gasteiger partial charge in [0.1, 0.15) is 12.3 Å². The van der Waals surface area contributed by atoms with Crippen molar-refractivity contribution in [2.45, 2.75) is 12.5 Å². The van der Waals surface area contributed by atoms with Gasteiger partial charge in [0.25, 0.3) is 5.91 Å². The average Bonchev–Trinajstić information content (AvgIpc) is 2.57. The van der Waals surface area contributed by atoms with Gasteiger partial charge in [-0.05, 0) is 12.1 Å². The molecule has 8 heteroatoms. The monoisotopic (exact) mass is 350 g/mol. The number of hydrogen-bond acceptors (Lipinski definition) is 5. The number of aliphatic carboxylic acids is 1. The molecule has 2 aliphatic rings. The van der Waals surface area contributed by atoms with Crippen LogP contribution in [0.3, 0.4) is 0 Å². The molecule has 2 aliphatic heterocycles. The molecule has 1 N–H and O–H groups in total. The molecule has 1 aromatic carbocycles. The Morgan fingerprint density at radius 2 is 2.12 bits per heavy atom. The number of carboxylic acids is 1. The molecule has 3 rings (SSSR count). The highest BCUT2D eigenvalue weighted by molar-refractivity contribution is 7.99. The zero-order valence-electron chi connectivity index (χ0n) is 13.0. The van der Waals surface area contributed by atoms with Gasteiger partial charge in [0, 0.05) is 18.1 Å². The molecule has 24 heavy (non-hydrogen) atoms. The van der Waals surface area contributed by atoms with Crippen LogP contribution < -0.4 is 9.64 Å². The lowest BCUT2D eigenvalue weighted by Gasteiger charge is -2.37. The Balaban J connectivity index is 1.76. The summed E-state index contributed by atoms with van der Waals surface area (Å²) in [5.74, 6) is 0.519. The fraction of sp³-hybridized carbons (Fsp3) is 0.438. The predicted octanol–water partition coefficient (Wildman–Crippen LogP) is 0.831. The van der Waals surface area contributed by atoms with Crippen LogP contribution in [0.4, 0.5) is 5.69 Å². The first-order valence-electron chi connectivity index (χ1n) is 7.67. The minimum atomic E-state index is -0.923. The summed E-state index contributed by atoms with van der Waals surface area (Å²) in [6.45, 7) is 0.306. The minimum absolute atomic E-state index is 0.0770. The number of nitrogens with zero attached hydrogens (tertiary/aromatic N) is 2. The maximum absolute atomic E-state index is 12.7. The van der Waals surface area contributed by atoms with Crippen molar-refractivity contribution in [3.63, 3.8) is 0 Å². The molecular formula is C16H18N2O5S. The second kappa shape index (κ2) is 7.12. The Hall–Kier alpha value is -2.22. The summed E-state index contributed by atoms with van der Waals surface area (Å²) >= 11 is 1.64. The fourth-order valence-corrected chi connectivity index (χ4v) is 3.97. The van der Waals surface area contributed by atoms with Crippen molar-refractivity contribution in [3.8, 4) is 5.75 Å². The molecular weight excluding hydrogens is 332 g/mol. The molecule has 0 radical (unpaired) electrons. The predicted molar refractivity (Wildman–Crippen MR) is 89.4 cm³/mol. The number of fused-ring (bicyclic) bond motifs is 1. The van der Waals surface area contributed by atoms with Gasteiger partial charge in [-0.25, -0.2) is 0 Å². The Kier molecular flexibility index (Phi) is 4.94. The summed E-state index contributed by atoms with van der Waals surface area (Å²) < 4.78 is 5.37. The first kappa shape index (κ1) is 16.6. The quantitative estimate of drug-likeness (QED) is 0.866. The van der Waals surface area contributed by atoms with Crippen LogP contribution in [0.1, 0.15) is 6.42 Å². The number of carbonyl (C=O) groups excluding carboxylic acids is 2. The molecule has 0 saturated carbocycles. The first-order valence-corrected chi connectivity index (χ1v) is 8.83. The number of ether oxygens (including phenoxy) is 1. The molecule has 1 saturated heterocycles. The molecule has 1 fully saturated rings. The molecule has 0 aliphatic carbocycles. The average molecular weight is 350 g/mol. The molecule has 0 aromatic heterocycles. The van der Waals surface area contributed by atoms with Crippen molar-refractivity contribution < 1.29 is 24.2 Å². The third-order valence-corrected chi connectivity index (χ3v) is 5.15. The topological polar surface area (TPSA) is 87.2 Å². The molecule has 1 unspecified atom stereocenters. The van der Waals surface area contributed by atoms with Crippen LogP contribution in [0.5, 0.6) is 5.75 Å². The van der Waals surface area contributed by atoms with E-state index in [1.807, 2.05) is 0 Å². The number of carbonyl (C=O) groups is 3. The Labute approximate surface area is 143 Å². The maximum atomic E-state index is 12.7. The number of hydrogen-bond donors (Lipinski definition) is 1. The van der Waals surface area contributed by atoms with Crippen molar-refractivity contribution in [2.75, 3.05) is 36.1 Å². The lowest BCUT2D eigenvalue weighted by Crippen LogP contribution is -2.52. The van der Waals surface area contributed by atoms with Crippen molar-refractivity contribution in [1.82, 2.24) is 4.90 Å². The normalized spacial score (nSPS) is 20.3. The molecule has 2 heterocycles. The minimum Gasteiger partial charge on any atom is -0.482 e. The van der Waals surface area contributed by atoms with Crippen LogP contribution in [0.25, 0.3) is 0 Å². The van der Waals surface area contributed by atoms with Gasteiger partial charge < -0.3 is 14.7 Å². The zero-order chi connectivity index (χ0) is 17.1. The summed E-state index contributed by atoms with van der Waals surface area (Å²) in [6.07, 6.45) is -0.0770. The van der Waals surface area contributed by atoms with E-state index < -0.39 is 5.97 Å². The van der Waals surface area contributed by atoms with E-state index in [9.17, 15) is 14.4 Å². The van der Waals surface area contributed by atoms with Gasteiger partial charge in [-0.15, -0.1) is 0 Å². The number of amides is 2. The summed E-state index contributed by atoms with van der Waals surface area (Å²) in [5, 5.41) is 9.03. The molecule has 0 bridgehead atoms. The number of para-hydroxylation sites is 2. The molecule has 1 aromatic rings. The fourth-order valence-electron chi connectivity index (χ4n) is 2.91. The van der Waals surface area contributed by atoms with E-state index >= 15 is 0 Å². The van der Waals surface area contributed by atoms with Crippen LogP contribution in [0.2, 0.25) is 0 Å². The van der Waals surface area contributed by atoms with Gasteiger partial charge in [0.2, 0.25) is 5.91 Å². The summed E-state index contributed by atoms with van der Waals surface area (Å²) in [5.41, 5.74) is 0.572. The van der Waals surface area contributed by atoms with E-state index in [0.717, 1.165) is 5.75 Å². The molecule has 1 atom stereocenters. The number of thioether (sulfide) groups is 1. The first-order chi connectivity index (χ1) is 11.6. The van der Waals surface area contributed by atoms with E-state index in [1.54, 1.807) is 40.9 Å². The van der Waals surface area contributed by atoms with Gasteiger partial charge in [-0.3, -0.25) is 19.3 Å². The number of rotatable bonds is 4. The highest BCUT2D eigenvalue weighted by atomic mass is 32.2. The number of anilines is 1. The summed E-state index contributed by atoms with van der Waals surface area (Å²) in [6, 6.07) is 6.74. The summed E-state index contributed by atoms with van der Waals surface area (Å²) in [4.78, 5) is 38.9. The summed E-state index contributed by atoms with van der Waals surface area (Å²) in [7, 11) is 0. The van der Waals surface area contributed by atoms with E-state index in [4.69, 9.17) is 9.84 Å². The van der Waals surface area contributed by atoms with Crippen molar-refractivity contribution in [2.24, 2.45) is 0 Å². The van der Waals surface area contributed by atoms with E-state index in [0.29, 0.717) is 23.7 Å². The zero-order valence-corrected chi connectivity index (χ0v) is 13.8. The van der Waals surface area contributed by atoms with Crippen LogP contribution in [-0.2, 0) is 14.4 Å². The van der Waals surface area contributed by atoms with Gasteiger partial charge in [0.15, 0.2) is 6.61 Å². The van der Waals surface area contributed by atoms with Crippen LogP contribution in [-0.4, -0.2) is 65.0 Å². The van der Waals surface area contributed by atoms with Gasteiger partial charge in [-0.1, -0.05) is 12.1 Å². The molecule has 7 nitrogen and oxygen atoms in total. The lowest BCUT2D eigenvalue weighted by molar-refractivity contribution is -0.140. The van der Waals surface area contributed by atoms with Crippen molar-refractivity contribution >= 4 is 35.2 Å². The van der Waals surface area contributed by atoms with Crippen LogP contribution in [0.15, 0.2) is 24.3 Å².